The SMILES string of the molecule is CN=C(NCCCc1nc(C)no1)N1CC2OCCN(Cc3ccccc3)C2C1.I. The summed E-state index contributed by atoms with van der Waals surface area (Å²) >= 11 is 0. The summed E-state index contributed by atoms with van der Waals surface area (Å²) in [5, 5.41) is 7.31. The first-order chi connectivity index (χ1) is 14.2. The number of benzene rings is 1. The Labute approximate surface area is 195 Å². The summed E-state index contributed by atoms with van der Waals surface area (Å²) in [6.07, 6.45) is 1.91. The van der Waals surface area contributed by atoms with Gasteiger partial charge in [0, 0.05) is 46.2 Å². The Morgan fingerprint density at radius 3 is 2.83 bits per heavy atom. The molecule has 1 aromatic heterocycles. The quantitative estimate of drug-likeness (QED) is 0.267. The zero-order chi connectivity index (χ0) is 20.1. The van der Waals surface area contributed by atoms with Gasteiger partial charge in [0.1, 0.15) is 0 Å². The summed E-state index contributed by atoms with van der Waals surface area (Å²) in [5.41, 5.74) is 1.35. The molecule has 0 spiro atoms. The van der Waals surface area contributed by atoms with Crippen molar-refractivity contribution >= 4 is 29.9 Å². The lowest BCUT2D eigenvalue weighted by Gasteiger charge is -2.36. The highest BCUT2D eigenvalue weighted by Crippen LogP contribution is 2.24. The standard InChI is InChI=1S/C21H30N6O2.HI/c1-16-24-20(29-25-16)9-6-10-23-21(22-2)27-14-18-19(15-27)28-12-11-26(18)13-17-7-4-3-5-8-17;/h3-5,7-8,18-19H,6,9-15H2,1-2H3,(H,22,23);1H. The molecule has 3 heterocycles. The number of nitrogens with one attached hydrogen (secondary N) is 1. The summed E-state index contributed by atoms with van der Waals surface area (Å²) in [4.78, 5) is 13.6. The number of nitrogens with zero attached hydrogens (tertiary/aromatic N) is 5. The van der Waals surface area contributed by atoms with Crippen molar-refractivity contribution in [2.24, 2.45) is 4.99 Å². The van der Waals surface area contributed by atoms with E-state index >= 15 is 0 Å². The van der Waals surface area contributed by atoms with Crippen LogP contribution in [0.5, 0.6) is 0 Å². The van der Waals surface area contributed by atoms with Gasteiger partial charge >= 0.3 is 0 Å². The number of halogens is 1. The maximum Gasteiger partial charge on any atom is 0.226 e. The van der Waals surface area contributed by atoms with Crippen LogP contribution >= 0.6 is 24.0 Å². The van der Waals surface area contributed by atoms with Crippen molar-refractivity contribution in [2.45, 2.75) is 38.5 Å². The molecule has 0 bridgehead atoms. The van der Waals surface area contributed by atoms with Crippen LogP contribution in [0, 0.1) is 6.92 Å². The molecule has 9 heteroatoms. The molecule has 2 aliphatic heterocycles. The lowest BCUT2D eigenvalue weighted by Crippen LogP contribution is -2.50. The van der Waals surface area contributed by atoms with E-state index < -0.39 is 0 Å². The van der Waals surface area contributed by atoms with Gasteiger partial charge in [-0.15, -0.1) is 24.0 Å². The van der Waals surface area contributed by atoms with E-state index in [0.717, 1.165) is 58.1 Å². The maximum absolute atomic E-state index is 6.09. The predicted octanol–water partition coefficient (Wildman–Crippen LogP) is 2.09. The predicted molar refractivity (Wildman–Crippen MR) is 126 cm³/mol. The van der Waals surface area contributed by atoms with Crippen molar-refractivity contribution in [1.82, 2.24) is 25.3 Å². The number of fused-ring (bicyclic) bond motifs is 1. The van der Waals surface area contributed by atoms with E-state index in [1.807, 2.05) is 14.0 Å². The lowest BCUT2D eigenvalue weighted by molar-refractivity contribution is -0.0502. The molecule has 8 nitrogen and oxygen atoms in total. The first kappa shape index (κ1) is 23.0. The Morgan fingerprint density at radius 1 is 1.27 bits per heavy atom. The fourth-order valence-corrected chi connectivity index (χ4v) is 4.16. The van der Waals surface area contributed by atoms with Gasteiger partial charge in [-0.3, -0.25) is 9.89 Å². The van der Waals surface area contributed by atoms with Gasteiger partial charge in [0.05, 0.1) is 18.8 Å². The Balaban J connectivity index is 0.00000256. The number of guanidine groups is 1. The minimum atomic E-state index is 0. The van der Waals surface area contributed by atoms with Crippen LogP contribution in [0.1, 0.15) is 23.7 Å². The van der Waals surface area contributed by atoms with E-state index in [4.69, 9.17) is 9.26 Å². The van der Waals surface area contributed by atoms with Crippen LogP contribution in [0.4, 0.5) is 0 Å². The van der Waals surface area contributed by atoms with Crippen molar-refractivity contribution in [3.8, 4) is 0 Å². The van der Waals surface area contributed by atoms with Gasteiger partial charge in [0.2, 0.25) is 5.89 Å². The molecule has 2 unspecified atom stereocenters. The smallest absolute Gasteiger partial charge is 0.226 e. The normalized spacial score (nSPS) is 21.9. The number of morpholine rings is 1. The van der Waals surface area contributed by atoms with Crippen LogP contribution in [0.15, 0.2) is 39.8 Å². The monoisotopic (exact) mass is 526 g/mol. The van der Waals surface area contributed by atoms with Crippen molar-refractivity contribution in [1.29, 1.82) is 0 Å². The zero-order valence-corrected chi connectivity index (χ0v) is 20.0. The van der Waals surface area contributed by atoms with Crippen molar-refractivity contribution in [2.75, 3.05) is 39.8 Å². The van der Waals surface area contributed by atoms with Gasteiger partial charge in [-0.1, -0.05) is 35.5 Å². The lowest BCUT2D eigenvalue weighted by atomic mass is 10.1. The van der Waals surface area contributed by atoms with E-state index in [0.29, 0.717) is 17.8 Å². The molecule has 2 fully saturated rings. The second kappa shape index (κ2) is 11.1. The number of likely N-dealkylation sites (tertiary alicyclic amines) is 1. The van der Waals surface area contributed by atoms with E-state index in [9.17, 15) is 0 Å². The zero-order valence-electron chi connectivity index (χ0n) is 17.7. The molecular weight excluding hydrogens is 495 g/mol. The fraction of sp³-hybridized carbons (Fsp3) is 0.571. The molecule has 2 aromatic rings. The van der Waals surface area contributed by atoms with Crippen LogP contribution in [0.3, 0.4) is 0 Å². The molecule has 4 rings (SSSR count). The highest BCUT2D eigenvalue weighted by Gasteiger charge is 2.41. The largest absolute Gasteiger partial charge is 0.373 e. The van der Waals surface area contributed by atoms with E-state index in [-0.39, 0.29) is 30.1 Å². The van der Waals surface area contributed by atoms with Gasteiger partial charge in [0.15, 0.2) is 11.8 Å². The number of aromatic nitrogens is 2. The van der Waals surface area contributed by atoms with Gasteiger partial charge in [-0.25, -0.2) is 0 Å². The van der Waals surface area contributed by atoms with E-state index in [1.54, 1.807) is 0 Å². The minimum absolute atomic E-state index is 0. The van der Waals surface area contributed by atoms with Crippen LogP contribution < -0.4 is 5.32 Å². The Kier molecular flexibility index (Phi) is 8.46. The van der Waals surface area contributed by atoms with Crippen LogP contribution in [-0.2, 0) is 17.7 Å². The van der Waals surface area contributed by atoms with Crippen LogP contribution in [-0.4, -0.2) is 77.9 Å². The Morgan fingerprint density at radius 2 is 2.10 bits per heavy atom. The number of ether oxygens (including phenoxy) is 1. The van der Waals surface area contributed by atoms with Crippen LogP contribution in [0.25, 0.3) is 0 Å². The topological polar surface area (TPSA) is 79.0 Å². The van der Waals surface area contributed by atoms with Gasteiger partial charge < -0.3 is 19.5 Å². The summed E-state index contributed by atoms with van der Waals surface area (Å²) in [6, 6.07) is 11.1. The third-order valence-electron chi connectivity index (χ3n) is 5.58. The number of aliphatic imine (C=N–C) groups is 1. The minimum Gasteiger partial charge on any atom is -0.373 e. The van der Waals surface area contributed by atoms with Crippen molar-refractivity contribution < 1.29 is 9.26 Å². The fourth-order valence-electron chi connectivity index (χ4n) is 4.16. The second-order valence-electron chi connectivity index (χ2n) is 7.65. The summed E-state index contributed by atoms with van der Waals surface area (Å²) in [5.74, 6) is 2.31. The molecule has 1 N–H and O–H groups in total. The van der Waals surface area contributed by atoms with Crippen molar-refractivity contribution in [3.63, 3.8) is 0 Å². The Bertz CT molecular complexity index is 815. The highest BCUT2D eigenvalue weighted by atomic mass is 127. The summed E-state index contributed by atoms with van der Waals surface area (Å²) in [7, 11) is 1.84. The molecule has 2 atom stereocenters. The summed E-state index contributed by atoms with van der Waals surface area (Å²) < 4.78 is 11.3. The molecule has 0 aliphatic carbocycles. The molecule has 2 aliphatic rings. The third kappa shape index (κ3) is 5.70. The Hall–Kier alpha value is -1.72. The van der Waals surface area contributed by atoms with E-state index in [1.165, 1.54) is 5.56 Å². The number of rotatable bonds is 6. The first-order valence-electron chi connectivity index (χ1n) is 10.4. The molecule has 30 heavy (non-hydrogen) atoms. The average molecular weight is 526 g/mol. The molecule has 1 aromatic carbocycles. The van der Waals surface area contributed by atoms with Gasteiger partial charge in [0.25, 0.3) is 0 Å². The molecule has 0 radical (unpaired) electrons. The molecule has 0 amide bonds. The average Bonchev–Trinajstić information content (AvgIpc) is 3.35. The second-order valence-corrected chi connectivity index (χ2v) is 7.65. The molecule has 164 valence electrons. The number of hydrogen-bond donors (Lipinski definition) is 1. The first-order valence-corrected chi connectivity index (χ1v) is 10.4. The third-order valence-corrected chi connectivity index (χ3v) is 5.58. The van der Waals surface area contributed by atoms with Gasteiger partial charge in [-0.05, 0) is 18.9 Å². The number of aryl methyl sites for hydroxylation is 2. The van der Waals surface area contributed by atoms with Crippen LogP contribution in [0.2, 0.25) is 0 Å². The summed E-state index contributed by atoms with van der Waals surface area (Å²) in [6.45, 7) is 7.18. The highest BCUT2D eigenvalue weighted by molar-refractivity contribution is 14.0. The maximum atomic E-state index is 6.09. The molecule has 0 saturated carbocycles. The molecular formula is C21H31IN6O2. The van der Waals surface area contributed by atoms with E-state index in [2.05, 4.69) is 60.6 Å². The van der Waals surface area contributed by atoms with Gasteiger partial charge in [-0.2, -0.15) is 4.98 Å². The number of hydrogen-bond acceptors (Lipinski definition) is 6. The van der Waals surface area contributed by atoms with Crippen molar-refractivity contribution in [3.05, 3.63) is 47.6 Å². The molecule has 2 saturated heterocycles.